The molecule has 1 rings (SSSR count). The third-order valence-electron chi connectivity index (χ3n) is 1.77. The molecule has 4 heteroatoms. The second-order valence-corrected chi connectivity index (χ2v) is 2.44. The molecular weight excluding hydrogens is 158 g/mol. The van der Waals surface area contributed by atoms with Crippen molar-refractivity contribution in [3.63, 3.8) is 0 Å². The first-order chi connectivity index (χ1) is 5.70. The second-order valence-electron chi connectivity index (χ2n) is 2.44. The van der Waals surface area contributed by atoms with E-state index >= 15 is 0 Å². The third kappa shape index (κ3) is 1.33. The summed E-state index contributed by atoms with van der Waals surface area (Å²) < 4.78 is 1.66. The molecule has 0 saturated carbocycles. The monoisotopic (exact) mass is 170 g/mol. The lowest BCUT2D eigenvalue weighted by atomic mass is 10.3. The van der Waals surface area contributed by atoms with Crippen LogP contribution in [-0.2, 0) is 13.2 Å². The summed E-state index contributed by atoms with van der Waals surface area (Å²) in [6, 6.07) is 1.39. The number of aryl methyl sites for hydroxylation is 1. The first-order valence-electron chi connectivity index (χ1n) is 3.74. The maximum atomic E-state index is 9.28. The number of aromatic hydroxyl groups is 2. The van der Waals surface area contributed by atoms with Crippen LogP contribution in [0.15, 0.2) is 12.3 Å². The molecule has 0 saturated heterocycles. The Labute approximate surface area is 70.3 Å². The minimum absolute atomic E-state index is 0.205. The van der Waals surface area contributed by atoms with Gasteiger partial charge in [0.2, 0.25) is 5.75 Å². The van der Waals surface area contributed by atoms with Gasteiger partial charge in [-0.25, -0.2) is 0 Å². The lowest BCUT2D eigenvalue weighted by Gasteiger charge is -2.02. The Hall–Kier alpha value is -1.29. The van der Waals surface area contributed by atoms with Gasteiger partial charge in [-0.2, -0.15) is 4.57 Å². The molecule has 0 amide bonds. The number of nitrogens with zero attached hydrogens (tertiary/aromatic N) is 1. The van der Waals surface area contributed by atoms with Crippen LogP contribution in [-0.4, -0.2) is 15.3 Å². The molecule has 12 heavy (non-hydrogen) atoms. The lowest BCUT2D eigenvalue weighted by molar-refractivity contribution is -0.703. The number of pyridine rings is 1. The molecule has 0 spiro atoms. The summed E-state index contributed by atoms with van der Waals surface area (Å²) in [6.07, 6.45) is 1.61. The number of aromatic nitrogens is 1. The molecule has 1 aromatic heterocycles. The van der Waals surface area contributed by atoms with Crippen LogP contribution in [0.25, 0.3) is 0 Å². The molecule has 4 nitrogen and oxygen atoms in total. The molecule has 0 unspecified atom stereocenters. The van der Waals surface area contributed by atoms with Crippen LogP contribution in [0.4, 0.5) is 0 Å². The van der Waals surface area contributed by atoms with Gasteiger partial charge < -0.3 is 15.3 Å². The van der Waals surface area contributed by atoms with E-state index in [1.807, 2.05) is 6.92 Å². The molecular formula is C8H12NO3+. The Morgan fingerprint density at radius 1 is 1.42 bits per heavy atom. The van der Waals surface area contributed by atoms with Crippen LogP contribution in [0.3, 0.4) is 0 Å². The molecule has 0 fully saturated rings. The van der Waals surface area contributed by atoms with Gasteiger partial charge in [-0.1, -0.05) is 0 Å². The van der Waals surface area contributed by atoms with Crippen LogP contribution >= 0.6 is 0 Å². The van der Waals surface area contributed by atoms with Crippen LogP contribution < -0.4 is 4.57 Å². The largest absolute Gasteiger partial charge is 0.504 e. The summed E-state index contributed by atoms with van der Waals surface area (Å²) in [5.41, 5.74) is 0.331. The van der Waals surface area contributed by atoms with Crippen LogP contribution in [0.5, 0.6) is 11.5 Å². The van der Waals surface area contributed by atoms with Crippen molar-refractivity contribution in [1.82, 2.24) is 0 Å². The van der Waals surface area contributed by atoms with Crippen molar-refractivity contribution in [3.05, 3.63) is 18.0 Å². The molecule has 0 aliphatic carbocycles. The summed E-state index contributed by atoms with van der Waals surface area (Å²) >= 11 is 0. The van der Waals surface area contributed by atoms with E-state index in [4.69, 9.17) is 10.2 Å². The number of rotatable bonds is 2. The molecule has 1 aromatic rings. The van der Waals surface area contributed by atoms with E-state index in [0.717, 1.165) is 0 Å². The molecule has 0 bridgehead atoms. The highest BCUT2D eigenvalue weighted by atomic mass is 16.3. The zero-order chi connectivity index (χ0) is 9.14. The zero-order valence-corrected chi connectivity index (χ0v) is 6.86. The van der Waals surface area contributed by atoms with E-state index in [9.17, 15) is 5.11 Å². The average molecular weight is 170 g/mol. The van der Waals surface area contributed by atoms with E-state index in [1.54, 1.807) is 10.8 Å². The van der Waals surface area contributed by atoms with Crippen LogP contribution in [0, 0.1) is 0 Å². The van der Waals surface area contributed by atoms with Crippen molar-refractivity contribution in [3.8, 4) is 11.5 Å². The van der Waals surface area contributed by atoms with Crippen LogP contribution in [0.1, 0.15) is 12.6 Å². The van der Waals surface area contributed by atoms with Gasteiger partial charge >= 0.3 is 0 Å². The fourth-order valence-electron chi connectivity index (χ4n) is 1.08. The quantitative estimate of drug-likeness (QED) is 0.543. The summed E-state index contributed by atoms with van der Waals surface area (Å²) in [5, 5.41) is 27.2. The zero-order valence-electron chi connectivity index (χ0n) is 6.86. The highest BCUT2D eigenvalue weighted by Crippen LogP contribution is 2.24. The molecule has 0 aromatic carbocycles. The van der Waals surface area contributed by atoms with Gasteiger partial charge in [0, 0.05) is 6.07 Å². The Kier molecular flexibility index (Phi) is 2.50. The van der Waals surface area contributed by atoms with Gasteiger partial charge in [0.05, 0.1) is 0 Å². The van der Waals surface area contributed by atoms with Crippen molar-refractivity contribution in [1.29, 1.82) is 0 Å². The smallest absolute Gasteiger partial charge is 0.253 e. The average Bonchev–Trinajstić information content (AvgIpc) is 2.09. The third-order valence-corrected chi connectivity index (χ3v) is 1.77. The van der Waals surface area contributed by atoms with Gasteiger partial charge in [0.25, 0.3) is 5.69 Å². The van der Waals surface area contributed by atoms with E-state index in [1.165, 1.54) is 6.07 Å². The Balaban J connectivity index is 3.25. The highest BCUT2D eigenvalue weighted by Gasteiger charge is 2.16. The molecule has 0 aliphatic heterocycles. The van der Waals surface area contributed by atoms with Gasteiger partial charge in [-0.05, 0) is 6.92 Å². The van der Waals surface area contributed by atoms with Gasteiger partial charge in [0.1, 0.15) is 13.2 Å². The van der Waals surface area contributed by atoms with Crippen LogP contribution in [0.2, 0.25) is 0 Å². The number of aliphatic hydroxyl groups excluding tert-OH is 1. The number of aliphatic hydroxyl groups is 1. The standard InChI is InChI=1S/C8H11NO3/c1-2-9-4-3-7(11)8(12)6(9)5-10/h3-4,10,12H,2,5H2,1H3/p+1. The number of hydrogen-bond donors (Lipinski definition) is 3. The molecule has 66 valence electrons. The van der Waals surface area contributed by atoms with Gasteiger partial charge in [-0.15, -0.1) is 0 Å². The van der Waals surface area contributed by atoms with E-state index in [0.29, 0.717) is 12.2 Å². The molecule has 0 atom stereocenters. The maximum absolute atomic E-state index is 9.28. The molecule has 1 heterocycles. The van der Waals surface area contributed by atoms with E-state index in [-0.39, 0.29) is 18.1 Å². The minimum atomic E-state index is -0.284. The number of hydrogen-bond acceptors (Lipinski definition) is 3. The van der Waals surface area contributed by atoms with Gasteiger partial charge in [-0.3, -0.25) is 0 Å². The van der Waals surface area contributed by atoms with Crippen molar-refractivity contribution < 1.29 is 19.9 Å². The SMILES string of the molecule is CC[n+]1ccc(O)c(O)c1CO. The summed E-state index contributed by atoms with van der Waals surface area (Å²) in [7, 11) is 0. The summed E-state index contributed by atoms with van der Waals surface area (Å²) in [6.45, 7) is 2.24. The van der Waals surface area contributed by atoms with Crippen molar-refractivity contribution >= 4 is 0 Å². The fraction of sp³-hybridized carbons (Fsp3) is 0.375. The second kappa shape index (κ2) is 3.40. The fourth-order valence-corrected chi connectivity index (χ4v) is 1.08. The van der Waals surface area contributed by atoms with Crippen molar-refractivity contribution in [2.45, 2.75) is 20.1 Å². The van der Waals surface area contributed by atoms with E-state index < -0.39 is 0 Å². The first kappa shape index (κ1) is 8.80. The molecule has 0 aliphatic rings. The minimum Gasteiger partial charge on any atom is -0.504 e. The first-order valence-corrected chi connectivity index (χ1v) is 3.74. The molecule has 3 N–H and O–H groups in total. The highest BCUT2D eigenvalue weighted by molar-refractivity contribution is 5.36. The Bertz CT molecular complexity index is 286. The Morgan fingerprint density at radius 3 is 2.58 bits per heavy atom. The summed E-state index contributed by atoms with van der Waals surface area (Å²) in [4.78, 5) is 0. The topological polar surface area (TPSA) is 64.6 Å². The van der Waals surface area contributed by atoms with E-state index in [2.05, 4.69) is 0 Å². The van der Waals surface area contributed by atoms with Gasteiger partial charge in [0.15, 0.2) is 11.9 Å². The summed E-state index contributed by atoms with van der Waals surface area (Å²) in [5.74, 6) is -0.453. The maximum Gasteiger partial charge on any atom is 0.253 e. The lowest BCUT2D eigenvalue weighted by Crippen LogP contribution is -2.36. The van der Waals surface area contributed by atoms with Crippen molar-refractivity contribution in [2.75, 3.05) is 0 Å². The van der Waals surface area contributed by atoms with Crippen molar-refractivity contribution in [2.24, 2.45) is 0 Å². The predicted octanol–water partition coefficient (Wildman–Crippen LogP) is -0.102. The Morgan fingerprint density at radius 2 is 2.08 bits per heavy atom. The normalized spacial score (nSPS) is 10.2. The molecule has 0 radical (unpaired) electrons. The predicted molar refractivity (Wildman–Crippen MR) is 41.6 cm³/mol.